The molecule has 0 heterocycles. The number of hydrogen-bond acceptors (Lipinski definition) is 22. The molecule has 8 atom stereocenters. The Kier molecular flexibility index (Phi) is 23.1. The summed E-state index contributed by atoms with van der Waals surface area (Å²) in [6.45, 7) is 6.36. The van der Waals surface area contributed by atoms with E-state index in [1.807, 2.05) is 0 Å². The van der Waals surface area contributed by atoms with Gasteiger partial charge in [0.05, 0.1) is 0 Å². The van der Waals surface area contributed by atoms with Crippen molar-refractivity contribution in [1.82, 2.24) is 10.6 Å². The lowest BCUT2D eigenvalue weighted by Crippen LogP contribution is -2.57. The van der Waals surface area contributed by atoms with Gasteiger partial charge < -0.3 is 57.8 Å². The Balaban J connectivity index is 6.08. The molecular weight excluding hydrogens is 748 g/mol. The minimum Gasteiger partial charge on any atom is -0.462 e. The number of carbonyl (C=O) groups excluding carboxylic acids is 10. The zero-order chi connectivity index (χ0) is 42.4. The first-order chi connectivity index (χ1) is 25.5. The maximum Gasteiger partial charge on any atom is 0.305 e. The number of esters is 9. The smallest absolute Gasteiger partial charge is 0.305 e. The fourth-order valence-electron chi connectivity index (χ4n) is 4.37. The summed E-state index contributed by atoms with van der Waals surface area (Å²) < 4.78 is 51.0. The maximum absolute atomic E-state index is 13.4. The fourth-order valence-corrected chi connectivity index (χ4v) is 4.37. The van der Waals surface area contributed by atoms with Crippen LogP contribution in [0.1, 0.15) is 62.3 Å². The average Bonchev–Trinajstić information content (AvgIpc) is 3.04. The Morgan fingerprint density at radius 1 is 0.473 bits per heavy atom. The maximum atomic E-state index is 13.4. The number of nitrogens with one attached hydrogen (secondary N) is 2. The third-order valence-corrected chi connectivity index (χ3v) is 6.20. The molecule has 0 aliphatic carbocycles. The van der Waals surface area contributed by atoms with Gasteiger partial charge in [-0.1, -0.05) is 0 Å². The molecule has 0 aromatic heterocycles. The van der Waals surface area contributed by atoms with Crippen LogP contribution in [0.5, 0.6) is 0 Å². The highest BCUT2D eigenvalue weighted by molar-refractivity contribution is 5.84. The van der Waals surface area contributed by atoms with Crippen LogP contribution in [-0.4, -0.2) is 147 Å². The minimum atomic E-state index is -2.05. The Labute approximate surface area is 315 Å². The van der Waals surface area contributed by atoms with Crippen molar-refractivity contribution < 1.29 is 100 Å². The number of carbonyl (C=O) groups is 10. The van der Waals surface area contributed by atoms with E-state index in [2.05, 4.69) is 10.6 Å². The molecule has 55 heavy (non-hydrogen) atoms. The number of amides is 1. The highest BCUT2D eigenvalue weighted by Gasteiger charge is 2.47. The van der Waals surface area contributed by atoms with Crippen molar-refractivity contribution in [2.45, 2.75) is 111 Å². The van der Waals surface area contributed by atoms with E-state index < -0.39 is 129 Å². The van der Waals surface area contributed by atoms with Crippen LogP contribution in [0.25, 0.3) is 0 Å². The van der Waals surface area contributed by atoms with Gasteiger partial charge >= 0.3 is 53.7 Å². The van der Waals surface area contributed by atoms with Gasteiger partial charge in [0.1, 0.15) is 19.9 Å². The molecule has 0 rings (SSSR count). The van der Waals surface area contributed by atoms with Crippen molar-refractivity contribution in [1.29, 1.82) is 0 Å². The van der Waals surface area contributed by atoms with E-state index in [0.717, 1.165) is 62.3 Å². The third-order valence-electron chi connectivity index (χ3n) is 6.20. The lowest BCUT2D eigenvalue weighted by Gasteiger charge is -2.34. The molecule has 3 N–H and O–H groups in total. The van der Waals surface area contributed by atoms with E-state index in [9.17, 15) is 53.1 Å². The van der Waals surface area contributed by atoms with Gasteiger partial charge in [-0.05, 0) is 0 Å². The summed E-state index contributed by atoms with van der Waals surface area (Å²) in [4.78, 5) is 120. The second-order valence-corrected chi connectivity index (χ2v) is 11.2. The van der Waals surface area contributed by atoms with E-state index in [0.29, 0.717) is 0 Å². The molecule has 0 aromatic rings. The summed E-state index contributed by atoms with van der Waals surface area (Å²) >= 11 is 0. The average molecular weight is 797 g/mol. The van der Waals surface area contributed by atoms with E-state index in [1.54, 1.807) is 0 Å². The van der Waals surface area contributed by atoms with Crippen molar-refractivity contribution in [3.63, 3.8) is 0 Å². The van der Waals surface area contributed by atoms with Crippen molar-refractivity contribution in [3.05, 3.63) is 0 Å². The van der Waals surface area contributed by atoms with E-state index in [-0.39, 0.29) is 13.1 Å². The number of aliphatic hydroxyl groups excluding tert-OH is 1. The molecule has 312 valence electrons. The first-order valence-corrected chi connectivity index (χ1v) is 16.3. The number of ether oxygens (including phenoxy) is 10. The zero-order valence-electron chi connectivity index (χ0n) is 31.8. The number of aliphatic hydroxyl groups is 1. The summed E-state index contributed by atoms with van der Waals surface area (Å²) in [5.74, 6) is -9.65. The molecule has 0 fully saturated rings. The number of rotatable bonds is 24. The molecule has 23 nitrogen and oxygen atoms in total. The van der Waals surface area contributed by atoms with Gasteiger partial charge in [0.25, 0.3) is 5.91 Å². The van der Waals surface area contributed by atoms with Gasteiger partial charge in [0.2, 0.25) is 12.4 Å². The molecule has 23 heteroatoms. The SMILES string of the molecule is CC(=O)OCC(OC(C)=O)C(OC(C)=O)C(O)C(OCNCCNC(=O)C(OC(C)=O)C(OC(C)=O)C(OC(C)=O)C(COC(C)=O)OC(C)=O)OC(C)=O. The van der Waals surface area contributed by atoms with Crippen molar-refractivity contribution in [3.8, 4) is 0 Å². The van der Waals surface area contributed by atoms with Crippen molar-refractivity contribution >= 4 is 59.6 Å². The van der Waals surface area contributed by atoms with Gasteiger partial charge in [-0.15, -0.1) is 0 Å². The van der Waals surface area contributed by atoms with E-state index in [4.69, 9.17) is 47.4 Å². The van der Waals surface area contributed by atoms with Crippen LogP contribution in [-0.2, 0) is 95.3 Å². The normalized spacial score (nSPS) is 15.0. The largest absolute Gasteiger partial charge is 0.462 e. The van der Waals surface area contributed by atoms with Gasteiger partial charge in [0, 0.05) is 75.4 Å². The Morgan fingerprint density at radius 3 is 1.29 bits per heavy atom. The predicted molar refractivity (Wildman–Crippen MR) is 175 cm³/mol. The van der Waals surface area contributed by atoms with E-state index >= 15 is 0 Å². The molecule has 0 aliphatic rings. The van der Waals surface area contributed by atoms with Gasteiger partial charge in [0.15, 0.2) is 36.6 Å². The van der Waals surface area contributed by atoms with Crippen LogP contribution in [0, 0.1) is 0 Å². The van der Waals surface area contributed by atoms with Gasteiger partial charge in [-0.25, -0.2) is 0 Å². The molecule has 0 spiro atoms. The minimum absolute atomic E-state index is 0.161. The standard InChI is InChI=1S/C32H48N2O21/c1-15(35)46-12-24(49-17(3)37)27(51-19(5)39)26(44)32(55-23(9)43)48-14-33-10-11-34-31(45)30(54-22(8)42)29(53-21(7)41)28(52-20(6)40)25(50-18(4)38)13-47-16(2)36/h24-30,32-33,44H,10-14H2,1-9H3,(H,34,45). The Bertz CT molecular complexity index is 1370. The molecule has 0 bridgehead atoms. The molecular formula is C32H48N2O21. The molecule has 0 radical (unpaired) electrons. The Hall–Kier alpha value is -5.42. The highest BCUT2D eigenvalue weighted by Crippen LogP contribution is 2.21. The fraction of sp³-hybridized carbons (Fsp3) is 0.688. The topological polar surface area (TPSA) is 307 Å². The van der Waals surface area contributed by atoms with Crippen molar-refractivity contribution in [2.24, 2.45) is 0 Å². The van der Waals surface area contributed by atoms with Crippen LogP contribution in [0.15, 0.2) is 0 Å². The second-order valence-electron chi connectivity index (χ2n) is 11.2. The summed E-state index contributed by atoms with van der Waals surface area (Å²) in [6, 6.07) is 0. The first kappa shape index (κ1) is 49.6. The zero-order valence-corrected chi connectivity index (χ0v) is 31.8. The lowest BCUT2D eigenvalue weighted by molar-refractivity contribution is -0.234. The van der Waals surface area contributed by atoms with Crippen molar-refractivity contribution in [2.75, 3.05) is 33.0 Å². The van der Waals surface area contributed by atoms with Crippen LogP contribution in [0.3, 0.4) is 0 Å². The predicted octanol–water partition coefficient (Wildman–Crippen LogP) is -2.37. The summed E-state index contributed by atoms with van der Waals surface area (Å²) in [5, 5.41) is 16.1. The second kappa shape index (κ2) is 25.6. The van der Waals surface area contributed by atoms with E-state index in [1.165, 1.54) is 0 Å². The van der Waals surface area contributed by atoms with Crippen LogP contribution >= 0.6 is 0 Å². The molecule has 0 aromatic carbocycles. The molecule has 0 aliphatic heterocycles. The monoisotopic (exact) mass is 796 g/mol. The third kappa shape index (κ3) is 21.8. The molecule has 0 saturated heterocycles. The summed E-state index contributed by atoms with van der Waals surface area (Å²) in [5.41, 5.74) is 0. The van der Waals surface area contributed by atoms with Gasteiger partial charge in [-0.3, -0.25) is 53.3 Å². The van der Waals surface area contributed by atoms with Crippen LogP contribution < -0.4 is 10.6 Å². The number of hydrogen-bond donors (Lipinski definition) is 3. The lowest BCUT2D eigenvalue weighted by atomic mass is 10.0. The van der Waals surface area contributed by atoms with Gasteiger partial charge in [-0.2, -0.15) is 0 Å². The molecule has 0 saturated carbocycles. The summed E-state index contributed by atoms with van der Waals surface area (Å²) in [7, 11) is 0. The molecule has 1 amide bonds. The Morgan fingerprint density at radius 2 is 0.873 bits per heavy atom. The van der Waals surface area contributed by atoms with Crippen LogP contribution in [0.2, 0.25) is 0 Å². The first-order valence-electron chi connectivity index (χ1n) is 16.3. The molecule has 8 unspecified atom stereocenters. The highest BCUT2D eigenvalue weighted by atomic mass is 16.7. The summed E-state index contributed by atoms with van der Waals surface area (Å²) in [6.07, 6.45) is -14.8. The quantitative estimate of drug-likeness (QED) is 0.0398. The van der Waals surface area contributed by atoms with Crippen LogP contribution in [0.4, 0.5) is 0 Å².